The van der Waals surface area contributed by atoms with E-state index in [9.17, 15) is 9.90 Å². The van der Waals surface area contributed by atoms with Gasteiger partial charge in [-0.05, 0) is 25.7 Å². The standard InChI is InChI=1S/C14H28N2O2/c1-4-5-6-7-12(3)15-14(18)16-9-8-11(2)13(17)10-16/h11-13,17H,4-10H2,1-3H3,(H,15,18). The van der Waals surface area contributed by atoms with Gasteiger partial charge in [0.05, 0.1) is 6.10 Å². The lowest BCUT2D eigenvalue weighted by Crippen LogP contribution is -2.51. The molecule has 1 aliphatic heterocycles. The van der Waals surface area contributed by atoms with Gasteiger partial charge in [-0.1, -0.05) is 33.1 Å². The Morgan fingerprint density at radius 1 is 1.50 bits per heavy atom. The summed E-state index contributed by atoms with van der Waals surface area (Å²) in [6.07, 6.45) is 5.14. The molecule has 1 fully saturated rings. The number of urea groups is 1. The number of nitrogens with one attached hydrogen (secondary N) is 1. The van der Waals surface area contributed by atoms with E-state index in [4.69, 9.17) is 0 Å². The summed E-state index contributed by atoms with van der Waals surface area (Å²) in [6.45, 7) is 7.49. The minimum atomic E-state index is -0.375. The lowest BCUT2D eigenvalue weighted by molar-refractivity contribution is 0.0430. The molecule has 0 radical (unpaired) electrons. The number of aliphatic hydroxyl groups excluding tert-OH is 1. The largest absolute Gasteiger partial charge is 0.391 e. The molecule has 1 saturated heterocycles. The molecule has 18 heavy (non-hydrogen) atoms. The summed E-state index contributed by atoms with van der Waals surface area (Å²) in [6, 6.07) is 0.200. The molecule has 0 aromatic rings. The number of unbranched alkanes of at least 4 members (excludes halogenated alkanes) is 2. The van der Waals surface area contributed by atoms with Crippen molar-refractivity contribution in [3.8, 4) is 0 Å². The van der Waals surface area contributed by atoms with Gasteiger partial charge in [-0.2, -0.15) is 0 Å². The zero-order chi connectivity index (χ0) is 13.5. The van der Waals surface area contributed by atoms with Crippen molar-refractivity contribution >= 4 is 6.03 Å². The fraction of sp³-hybridized carbons (Fsp3) is 0.929. The molecule has 0 aliphatic carbocycles. The summed E-state index contributed by atoms with van der Waals surface area (Å²) in [5, 5.41) is 12.8. The van der Waals surface area contributed by atoms with E-state index in [1.165, 1.54) is 12.8 Å². The zero-order valence-electron chi connectivity index (χ0n) is 12.0. The predicted octanol–water partition coefficient (Wildman–Crippen LogP) is 2.37. The number of aliphatic hydroxyl groups is 1. The Morgan fingerprint density at radius 3 is 2.83 bits per heavy atom. The van der Waals surface area contributed by atoms with Gasteiger partial charge in [0.25, 0.3) is 0 Å². The molecular formula is C14H28N2O2. The lowest BCUT2D eigenvalue weighted by Gasteiger charge is -2.34. The van der Waals surface area contributed by atoms with E-state index in [2.05, 4.69) is 19.2 Å². The highest BCUT2D eigenvalue weighted by Gasteiger charge is 2.27. The number of β-amino-alcohol motifs (C(OH)–C–C–N with tert-alkyl or cyclic N) is 1. The molecule has 4 heteroatoms. The monoisotopic (exact) mass is 256 g/mol. The first kappa shape index (κ1) is 15.3. The van der Waals surface area contributed by atoms with Crippen molar-refractivity contribution in [3.05, 3.63) is 0 Å². The number of likely N-dealkylation sites (tertiary alicyclic amines) is 1. The van der Waals surface area contributed by atoms with Gasteiger partial charge in [-0.25, -0.2) is 4.79 Å². The Morgan fingerprint density at radius 2 is 2.22 bits per heavy atom. The normalized spacial score (nSPS) is 25.9. The Kier molecular flexibility index (Phi) is 6.47. The van der Waals surface area contributed by atoms with Crippen LogP contribution in [0.25, 0.3) is 0 Å². The lowest BCUT2D eigenvalue weighted by atomic mass is 9.96. The second kappa shape index (κ2) is 7.62. The molecular weight excluding hydrogens is 228 g/mol. The van der Waals surface area contributed by atoms with Crippen LogP contribution in [0.5, 0.6) is 0 Å². The highest BCUT2D eigenvalue weighted by Crippen LogP contribution is 2.17. The third kappa shape index (κ3) is 4.84. The number of rotatable bonds is 5. The van der Waals surface area contributed by atoms with Crippen LogP contribution in [0.2, 0.25) is 0 Å². The molecule has 4 nitrogen and oxygen atoms in total. The molecule has 0 aromatic carbocycles. The molecule has 1 heterocycles. The van der Waals surface area contributed by atoms with Crippen LogP contribution in [-0.2, 0) is 0 Å². The number of hydrogen-bond acceptors (Lipinski definition) is 2. The number of hydrogen-bond donors (Lipinski definition) is 2. The number of nitrogens with zero attached hydrogens (tertiary/aromatic N) is 1. The van der Waals surface area contributed by atoms with Crippen molar-refractivity contribution in [2.75, 3.05) is 13.1 Å². The van der Waals surface area contributed by atoms with Gasteiger partial charge in [0.15, 0.2) is 0 Å². The van der Waals surface area contributed by atoms with Gasteiger partial charge >= 0.3 is 6.03 Å². The molecule has 106 valence electrons. The minimum absolute atomic E-state index is 0.0232. The van der Waals surface area contributed by atoms with E-state index < -0.39 is 0 Å². The Labute approximate surface area is 111 Å². The summed E-state index contributed by atoms with van der Waals surface area (Å²) in [5.41, 5.74) is 0. The van der Waals surface area contributed by atoms with Crippen molar-refractivity contribution in [2.24, 2.45) is 5.92 Å². The second-order valence-corrected chi connectivity index (χ2v) is 5.63. The van der Waals surface area contributed by atoms with Gasteiger partial charge in [-0.15, -0.1) is 0 Å². The topological polar surface area (TPSA) is 52.6 Å². The smallest absolute Gasteiger partial charge is 0.317 e. The number of amides is 2. The summed E-state index contributed by atoms with van der Waals surface area (Å²) in [7, 11) is 0. The Hall–Kier alpha value is -0.770. The van der Waals surface area contributed by atoms with E-state index in [0.717, 1.165) is 25.8 Å². The van der Waals surface area contributed by atoms with Crippen molar-refractivity contribution in [3.63, 3.8) is 0 Å². The first-order chi connectivity index (χ1) is 8.54. The maximum atomic E-state index is 12.0. The van der Waals surface area contributed by atoms with Crippen LogP contribution in [0, 0.1) is 5.92 Å². The van der Waals surface area contributed by atoms with Crippen LogP contribution in [0.4, 0.5) is 4.79 Å². The van der Waals surface area contributed by atoms with Crippen LogP contribution in [0.3, 0.4) is 0 Å². The molecule has 0 aromatic heterocycles. The maximum absolute atomic E-state index is 12.0. The van der Waals surface area contributed by atoms with Gasteiger partial charge in [-0.3, -0.25) is 0 Å². The SMILES string of the molecule is CCCCCC(C)NC(=O)N1CCC(C)C(O)C1. The molecule has 0 spiro atoms. The van der Waals surface area contributed by atoms with Crippen LogP contribution < -0.4 is 5.32 Å². The van der Waals surface area contributed by atoms with Crippen molar-refractivity contribution < 1.29 is 9.90 Å². The van der Waals surface area contributed by atoms with Crippen molar-refractivity contribution in [1.82, 2.24) is 10.2 Å². The highest BCUT2D eigenvalue weighted by atomic mass is 16.3. The van der Waals surface area contributed by atoms with E-state index in [1.54, 1.807) is 4.90 Å². The maximum Gasteiger partial charge on any atom is 0.317 e. The Balaban J connectivity index is 2.27. The summed E-state index contributed by atoms with van der Waals surface area (Å²) < 4.78 is 0. The fourth-order valence-corrected chi connectivity index (χ4v) is 2.31. The Bertz CT molecular complexity index is 258. The first-order valence-electron chi connectivity index (χ1n) is 7.28. The molecule has 2 N–H and O–H groups in total. The number of carbonyl (C=O) groups excluding carboxylic acids is 1. The minimum Gasteiger partial charge on any atom is -0.391 e. The van der Waals surface area contributed by atoms with Gasteiger partial charge in [0.2, 0.25) is 0 Å². The molecule has 3 unspecified atom stereocenters. The van der Waals surface area contributed by atoms with Gasteiger partial charge < -0.3 is 15.3 Å². The van der Waals surface area contributed by atoms with Gasteiger partial charge in [0.1, 0.15) is 0 Å². The summed E-state index contributed by atoms with van der Waals surface area (Å²) in [5.74, 6) is 0.302. The van der Waals surface area contributed by atoms with E-state index >= 15 is 0 Å². The van der Waals surface area contributed by atoms with E-state index in [0.29, 0.717) is 12.5 Å². The molecule has 0 bridgehead atoms. The third-order valence-electron chi connectivity index (χ3n) is 3.82. The highest BCUT2D eigenvalue weighted by molar-refractivity contribution is 5.74. The van der Waals surface area contributed by atoms with E-state index in [1.807, 2.05) is 6.92 Å². The summed E-state index contributed by atoms with van der Waals surface area (Å²) in [4.78, 5) is 13.7. The molecule has 1 aliphatic rings. The molecule has 1 rings (SSSR count). The molecule has 2 amide bonds. The van der Waals surface area contributed by atoms with Crippen LogP contribution in [0.15, 0.2) is 0 Å². The fourth-order valence-electron chi connectivity index (χ4n) is 2.31. The van der Waals surface area contributed by atoms with Crippen molar-refractivity contribution in [1.29, 1.82) is 0 Å². The van der Waals surface area contributed by atoms with Crippen molar-refractivity contribution in [2.45, 2.75) is 65.0 Å². The summed E-state index contributed by atoms with van der Waals surface area (Å²) >= 11 is 0. The number of piperidine rings is 1. The van der Waals surface area contributed by atoms with Crippen LogP contribution in [0.1, 0.15) is 52.9 Å². The average molecular weight is 256 g/mol. The quantitative estimate of drug-likeness (QED) is 0.742. The average Bonchev–Trinajstić information content (AvgIpc) is 2.33. The van der Waals surface area contributed by atoms with Crippen LogP contribution >= 0.6 is 0 Å². The molecule has 0 saturated carbocycles. The predicted molar refractivity (Wildman–Crippen MR) is 73.5 cm³/mol. The van der Waals surface area contributed by atoms with Crippen LogP contribution in [-0.4, -0.2) is 41.3 Å². The van der Waals surface area contributed by atoms with Gasteiger partial charge in [0, 0.05) is 19.1 Å². The number of carbonyl (C=O) groups is 1. The first-order valence-corrected chi connectivity index (χ1v) is 7.28. The molecule has 3 atom stereocenters. The second-order valence-electron chi connectivity index (χ2n) is 5.63. The van der Waals surface area contributed by atoms with E-state index in [-0.39, 0.29) is 18.2 Å². The third-order valence-corrected chi connectivity index (χ3v) is 3.82. The zero-order valence-corrected chi connectivity index (χ0v) is 12.0.